The Labute approximate surface area is 102 Å². The summed E-state index contributed by atoms with van der Waals surface area (Å²) >= 11 is 0. The second-order valence-corrected chi connectivity index (χ2v) is 3.61. The summed E-state index contributed by atoms with van der Waals surface area (Å²) < 4.78 is 4.52. The number of carbonyl (C=O) groups excluding carboxylic acids is 2. The summed E-state index contributed by atoms with van der Waals surface area (Å²) in [5.41, 5.74) is 0. The lowest BCUT2D eigenvalue weighted by Gasteiger charge is -2.23. The highest BCUT2D eigenvalue weighted by Gasteiger charge is 2.20. The number of carbonyl (C=O) groups is 1. The first-order chi connectivity index (χ1) is 8.17. The lowest BCUT2D eigenvalue weighted by atomic mass is 10.1. The number of rotatable bonds is 10. The smallest absolute Gasteiger partial charge is 0.309 e. The molecule has 0 rings (SSSR count). The molecule has 0 fully saturated rings. The molecule has 98 valence electrons. The zero-order valence-corrected chi connectivity index (χ0v) is 10.4. The van der Waals surface area contributed by atoms with Gasteiger partial charge in [0.2, 0.25) is 5.91 Å². The highest BCUT2D eigenvalue weighted by atomic mass is 16.8. The van der Waals surface area contributed by atoms with Crippen LogP contribution in [0.4, 0.5) is 0 Å². The maximum absolute atomic E-state index is 11.9. The molecule has 0 aliphatic rings. The van der Waals surface area contributed by atoms with E-state index in [1.165, 1.54) is 5.06 Å². The van der Waals surface area contributed by atoms with Crippen molar-refractivity contribution in [2.24, 2.45) is 5.92 Å². The van der Waals surface area contributed by atoms with Crippen molar-refractivity contribution in [2.75, 3.05) is 19.9 Å². The van der Waals surface area contributed by atoms with Gasteiger partial charge in [0.25, 0.3) is 0 Å². The molecule has 2 radical (unpaired) electrons. The average molecular weight is 244 g/mol. The van der Waals surface area contributed by atoms with E-state index in [1.54, 1.807) is 13.3 Å². The third kappa shape index (κ3) is 6.91. The molecule has 1 atom stereocenters. The lowest BCUT2D eigenvalue weighted by Crippen LogP contribution is -2.37. The second kappa shape index (κ2) is 10.0. The summed E-state index contributed by atoms with van der Waals surface area (Å²) in [5, 5.41) is 3.67. The Morgan fingerprint density at radius 3 is 2.82 bits per heavy atom. The molecular formula is C11H20N2O4. The number of hydrogen-bond acceptors (Lipinski definition) is 4. The molecule has 0 bridgehead atoms. The van der Waals surface area contributed by atoms with E-state index >= 15 is 0 Å². The van der Waals surface area contributed by atoms with Gasteiger partial charge in [-0.05, 0) is 12.8 Å². The molecule has 0 saturated carbocycles. The number of hydroxylamine groups is 2. The van der Waals surface area contributed by atoms with Gasteiger partial charge in [-0.3, -0.25) is 9.59 Å². The molecule has 0 aromatic carbocycles. The first kappa shape index (κ1) is 15.9. The Morgan fingerprint density at radius 1 is 1.59 bits per heavy atom. The zero-order valence-electron chi connectivity index (χ0n) is 10.4. The third-order valence-electron chi connectivity index (χ3n) is 2.16. The van der Waals surface area contributed by atoms with E-state index < -0.39 is 0 Å². The van der Waals surface area contributed by atoms with E-state index in [4.69, 9.17) is 4.84 Å². The number of ether oxygens (including phenoxy) is 1. The van der Waals surface area contributed by atoms with Crippen molar-refractivity contribution in [3.63, 3.8) is 0 Å². The highest BCUT2D eigenvalue weighted by molar-refractivity contribution is 5.77. The quantitative estimate of drug-likeness (QED) is 0.264. The Balaban J connectivity index is 4.12. The van der Waals surface area contributed by atoms with Gasteiger partial charge in [-0.2, -0.15) is 0 Å². The molecular weight excluding hydrogens is 224 g/mol. The van der Waals surface area contributed by atoms with Gasteiger partial charge in [-0.1, -0.05) is 13.8 Å². The fourth-order valence-electron chi connectivity index (χ4n) is 1.25. The van der Waals surface area contributed by atoms with Gasteiger partial charge >= 0.3 is 6.41 Å². The maximum atomic E-state index is 11.9. The molecule has 1 N–H and O–H groups in total. The van der Waals surface area contributed by atoms with Crippen molar-refractivity contribution in [3.8, 4) is 0 Å². The SMILES string of the molecule is [CH2]OCON(CCC)C(=O)C(C)CCN[C]=O. The second-order valence-electron chi connectivity index (χ2n) is 3.61. The summed E-state index contributed by atoms with van der Waals surface area (Å²) in [6, 6.07) is 0. The van der Waals surface area contributed by atoms with E-state index in [2.05, 4.69) is 17.2 Å². The standard InChI is InChI=1S/C11H20N2O4/c1-4-7-13(17-9-16-3)11(15)10(2)5-6-12-8-14/h10H,3-7,9H2,1-2H3,(H,12,14). The van der Waals surface area contributed by atoms with E-state index in [0.29, 0.717) is 19.5 Å². The van der Waals surface area contributed by atoms with Gasteiger partial charge in [0.05, 0.1) is 7.11 Å². The highest BCUT2D eigenvalue weighted by Crippen LogP contribution is 2.08. The van der Waals surface area contributed by atoms with Crippen LogP contribution in [0.5, 0.6) is 0 Å². The first-order valence-corrected chi connectivity index (χ1v) is 5.58. The monoisotopic (exact) mass is 244 g/mol. The topological polar surface area (TPSA) is 67.9 Å². The number of hydrogen-bond donors (Lipinski definition) is 1. The van der Waals surface area contributed by atoms with Crippen LogP contribution in [0.1, 0.15) is 26.7 Å². The molecule has 2 amide bonds. The third-order valence-corrected chi connectivity index (χ3v) is 2.16. The summed E-state index contributed by atoms with van der Waals surface area (Å²) in [6.45, 7) is 4.59. The Bertz CT molecular complexity index is 224. The van der Waals surface area contributed by atoms with E-state index in [9.17, 15) is 9.59 Å². The molecule has 0 spiro atoms. The molecule has 0 aromatic heterocycles. The van der Waals surface area contributed by atoms with Crippen LogP contribution >= 0.6 is 0 Å². The number of nitrogens with one attached hydrogen (secondary N) is 1. The van der Waals surface area contributed by atoms with Crippen LogP contribution in [0.15, 0.2) is 0 Å². The Kier molecular flexibility index (Phi) is 9.37. The zero-order chi connectivity index (χ0) is 13.1. The van der Waals surface area contributed by atoms with Gasteiger partial charge in [0.1, 0.15) is 0 Å². The summed E-state index contributed by atoms with van der Waals surface area (Å²) in [5.74, 6) is -0.358. The molecule has 6 nitrogen and oxygen atoms in total. The van der Waals surface area contributed by atoms with E-state index in [1.807, 2.05) is 6.92 Å². The minimum Gasteiger partial charge on any atom is -0.350 e. The first-order valence-electron chi connectivity index (χ1n) is 5.58. The van der Waals surface area contributed by atoms with Crippen LogP contribution in [0.3, 0.4) is 0 Å². The molecule has 1 unspecified atom stereocenters. The van der Waals surface area contributed by atoms with Crippen molar-refractivity contribution < 1.29 is 19.2 Å². The van der Waals surface area contributed by atoms with Gasteiger partial charge in [0.15, 0.2) is 6.79 Å². The van der Waals surface area contributed by atoms with Crippen LogP contribution in [-0.4, -0.2) is 37.3 Å². The Hall–Kier alpha value is -1.14. The van der Waals surface area contributed by atoms with Crippen molar-refractivity contribution in [3.05, 3.63) is 7.11 Å². The molecule has 0 aliphatic carbocycles. The van der Waals surface area contributed by atoms with E-state index in [-0.39, 0.29) is 18.6 Å². The summed E-state index contributed by atoms with van der Waals surface area (Å²) in [4.78, 5) is 27.0. The number of nitrogens with zero attached hydrogens (tertiary/aromatic N) is 1. The van der Waals surface area contributed by atoms with Crippen molar-refractivity contribution >= 4 is 12.3 Å². The van der Waals surface area contributed by atoms with Gasteiger partial charge < -0.3 is 10.1 Å². The molecule has 0 heterocycles. The predicted octanol–water partition coefficient (Wildman–Crippen LogP) is 0.605. The minimum absolute atomic E-state index is 0.0567. The van der Waals surface area contributed by atoms with Crippen molar-refractivity contribution in [1.29, 1.82) is 0 Å². The number of amides is 2. The van der Waals surface area contributed by atoms with Crippen LogP contribution in [-0.2, 0) is 19.2 Å². The fraction of sp³-hybridized carbons (Fsp3) is 0.727. The minimum atomic E-state index is -0.229. The average Bonchev–Trinajstić information content (AvgIpc) is 2.33. The Morgan fingerprint density at radius 2 is 2.29 bits per heavy atom. The summed E-state index contributed by atoms with van der Waals surface area (Å²) in [7, 11) is 3.17. The molecule has 0 saturated heterocycles. The van der Waals surface area contributed by atoms with Gasteiger partial charge in [-0.25, -0.2) is 9.90 Å². The van der Waals surface area contributed by atoms with Crippen LogP contribution in [0.25, 0.3) is 0 Å². The molecule has 6 heteroatoms. The molecule has 17 heavy (non-hydrogen) atoms. The van der Waals surface area contributed by atoms with Crippen LogP contribution in [0, 0.1) is 13.0 Å². The predicted molar refractivity (Wildman–Crippen MR) is 61.9 cm³/mol. The maximum Gasteiger partial charge on any atom is 0.309 e. The largest absolute Gasteiger partial charge is 0.350 e. The van der Waals surface area contributed by atoms with Crippen LogP contribution < -0.4 is 5.32 Å². The van der Waals surface area contributed by atoms with Crippen LogP contribution in [0.2, 0.25) is 0 Å². The van der Waals surface area contributed by atoms with Gasteiger partial charge in [-0.15, -0.1) is 0 Å². The van der Waals surface area contributed by atoms with Gasteiger partial charge in [0, 0.05) is 19.0 Å². The van der Waals surface area contributed by atoms with Crippen molar-refractivity contribution in [2.45, 2.75) is 26.7 Å². The summed E-state index contributed by atoms with van der Waals surface area (Å²) in [6.07, 6.45) is 2.90. The fourth-order valence-corrected chi connectivity index (χ4v) is 1.25. The molecule has 0 aromatic rings. The van der Waals surface area contributed by atoms with Crippen molar-refractivity contribution in [1.82, 2.24) is 10.4 Å². The van der Waals surface area contributed by atoms with E-state index in [0.717, 1.165) is 6.42 Å². The normalized spacial score (nSPS) is 11.9. The lowest BCUT2D eigenvalue weighted by molar-refractivity contribution is -0.218. The molecule has 0 aliphatic heterocycles.